The van der Waals surface area contributed by atoms with E-state index >= 15 is 0 Å². The van der Waals surface area contributed by atoms with Gasteiger partial charge in [0.2, 0.25) is 5.91 Å². The Balaban J connectivity index is 2.29. The molecule has 0 saturated carbocycles. The zero-order chi connectivity index (χ0) is 16.3. The Kier molecular flexibility index (Phi) is 4.64. The third kappa shape index (κ3) is 4.16. The number of ether oxygens (including phenoxy) is 1. The van der Waals surface area contributed by atoms with Gasteiger partial charge in [0.25, 0.3) is 0 Å². The number of nitrogens with zero attached hydrogens (tertiary/aromatic N) is 2. The summed E-state index contributed by atoms with van der Waals surface area (Å²) in [6.45, 7) is 0. The molecule has 5 nitrogen and oxygen atoms in total. The lowest BCUT2D eigenvalue weighted by molar-refractivity contribution is -0.275. The van der Waals surface area contributed by atoms with Crippen LogP contribution in [0.15, 0.2) is 22.3 Å². The molecule has 1 amide bonds. The molecular formula is C11H6F5N3O2S. The zero-order valence-corrected chi connectivity index (χ0v) is 11.3. The molecule has 1 aromatic rings. The molecule has 0 bridgehead atoms. The van der Waals surface area contributed by atoms with E-state index in [4.69, 9.17) is 0 Å². The predicted octanol–water partition coefficient (Wildman–Crippen LogP) is 2.42. The van der Waals surface area contributed by atoms with Crippen molar-refractivity contribution in [2.24, 2.45) is 10.2 Å². The maximum Gasteiger partial charge on any atom is 0.573 e. The Morgan fingerprint density at radius 1 is 1.27 bits per heavy atom. The lowest BCUT2D eigenvalue weighted by atomic mass is 10.2. The summed E-state index contributed by atoms with van der Waals surface area (Å²) in [5.41, 5.74) is -0.851. The van der Waals surface area contributed by atoms with E-state index in [-0.39, 0.29) is 16.8 Å². The minimum Gasteiger partial charge on any atom is -0.402 e. The Bertz CT molecular complexity index is 660. The molecule has 1 aliphatic heterocycles. The quantitative estimate of drug-likeness (QED) is 0.523. The van der Waals surface area contributed by atoms with Gasteiger partial charge in [-0.25, -0.2) is 8.78 Å². The van der Waals surface area contributed by atoms with Crippen molar-refractivity contribution in [2.75, 3.05) is 5.75 Å². The molecule has 2 rings (SSSR count). The van der Waals surface area contributed by atoms with E-state index in [0.717, 1.165) is 11.8 Å². The first-order chi connectivity index (χ1) is 10.3. The molecule has 11 heteroatoms. The van der Waals surface area contributed by atoms with Crippen molar-refractivity contribution in [2.45, 2.75) is 6.36 Å². The Hall–Kier alpha value is -2.17. The van der Waals surface area contributed by atoms with Crippen molar-refractivity contribution in [1.29, 1.82) is 0 Å². The van der Waals surface area contributed by atoms with Gasteiger partial charge < -0.3 is 10.1 Å². The average molecular weight is 339 g/mol. The van der Waals surface area contributed by atoms with Gasteiger partial charge in [0.05, 0.1) is 17.5 Å². The molecular weight excluding hydrogens is 333 g/mol. The van der Waals surface area contributed by atoms with Gasteiger partial charge in [0, 0.05) is 0 Å². The fourth-order valence-electron chi connectivity index (χ4n) is 1.41. The van der Waals surface area contributed by atoms with E-state index in [2.05, 4.69) is 20.3 Å². The first-order valence-electron chi connectivity index (χ1n) is 5.53. The minimum atomic E-state index is -5.20. The van der Waals surface area contributed by atoms with Crippen molar-refractivity contribution in [3.63, 3.8) is 0 Å². The number of nitrogens with one attached hydrogen (secondary N) is 1. The van der Waals surface area contributed by atoms with E-state index in [0.29, 0.717) is 18.3 Å². The molecule has 1 saturated heterocycles. The van der Waals surface area contributed by atoms with E-state index in [1.807, 2.05) is 0 Å². The molecule has 118 valence electrons. The summed E-state index contributed by atoms with van der Waals surface area (Å²) in [7, 11) is 0. The number of halogens is 5. The van der Waals surface area contributed by atoms with E-state index in [1.165, 1.54) is 0 Å². The topological polar surface area (TPSA) is 63.0 Å². The third-order valence-electron chi connectivity index (χ3n) is 2.23. The van der Waals surface area contributed by atoms with Crippen LogP contribution in [0.25, 0.3) is 0 Å². The van der Waals surface area contributed by atoms with Crippen LogP contribution < -0.4 is 10.1 Å². The first-order valence-corrected chi connectivity index (χ1v) is 6.52. The number of amidine groups is 1. The van der Waals surface area contributed by atoms with Crippen molar-refractivity contribution >= 4 is 29.1 Å². The highest BCUT2D eigenvalue weighted by molar-refractivity contribution is 8.15. The fraction of sp³-hybridized carbons (Fsp3) is 0.182. The first kappa shape index (κ1) is 16.2. The predicted molar refractivity (Wildman–Crippen MR) is 68.7 cm³/mol. The summed E-state index contributed by atoms with van der Waals surface area (Å²) in [4.78, 5) is 10.9. The van der Waals surface area contributed by atoms with Crippen molar-refractivity contribution < 1.29 is 31.5 Å². The Morgan fingerprint density at radius 3 is 2.55 bits per heavy atom. The highest BCUT2D eigenvalue weighted by Gasteiger charge is 2.34. The Morgan fingerprint density at radius 2 is 1.95 bits per heavy atom. The lowest BCUT2D eigenvalue weighted by Crippen LogP contribution is -2.20. The second-order valence-electron chi connectivity index (χ2n) is 3.81. The average Bonchev–Trinajstić information content (AvgIpc) is 2.81. The molecule has 0 atom stereocenters. The van der Waals surface area contributed by atoms with Gasteiger partial charge in [-0.2, -0.15) is 5.10 Å². The summed E-state index contributed by atoms with van der Waals surface area (Å²) in [6, 6.07) is 1.12. The molecule has 0 aromatic heterocycles. The highest BCUT2D eigenvalue weighted by Crippen LogP contribution is 2.30. The second-order valence-corrected chi connectivity index (χ2v) is 4.77. The van der Waals surface area contributed by atoms with Crippen LogP contribution in [-0.4, -0.2) is 29.4 Å². The van der Waals surface area contributed by atoms with Gasteiger partial charge >= 0.3 is 6.36 Å². The van der Waals surface area contributed by atoms with Crippen molar-refractivity contribution in [1.82, 2.24) is 5.32 Å². The Labute approximate surface area is 124 Å². The molecule has 1 aliphatic rings. The number of hydrogen-bond acceptors (Lipinski definition) is 5. The van der Waals surface area contributed by atoms with E-state index in [9.17, 15) is 26.7 Å². The van der Waals surface area contributed by atoms with E-state index in [1.54, 1.807) is 0 Å². The summed E-state index contributed by atoms with van der Waals surface area (Å²) in [5, 5.41) is 9.19. The molecule has 0 radical (unpaired) electrons. The number of benzene rings is 1. The standard InChI is InChI=1S/C11H6F5N3O2S/c12-6-1-2-7(13)9(21-11(14,15)16)5(6)3-17-19-10-18-8(20)4-22-10/h1-3H,4H2,(H,18,19,20). The van der Waals surface area contributed by atoms with Crippen LogP contribution in [-0.2, 0) is 4.79 Å². The normalized spacial score (nSPS) is 17.3. The molecule has 22 heavy (non-hydrogen) atoms. The number of rotatable bonds is 3. The van der Waals surface area contributed by atoms with Crippen LogP contribution in [0.5, 0.6) is 5.75 Å². The number of thioether (sulfide) groups is 1. The number of amides is 1. The molecule has 0 spiro atoms. The number of hydrogen-bond donors (Lipinski definition) is 1. The van der Waals surface area contributed by atoms with Crippen LogP contribution in [0.3, 0.4) is 0 Å². The summed E-state index contributed by atoms with van der Waals surface area (Å²) >= 11 is 1.00. The van der Waals surface area contributed by atoms with Gasteiger partial charge in [-0.1, -0.05) is 11.8 Å². The van der Waals surface area contributed by atoms with Gasteiger partial charge in [-0.3, -0.25) is 4.79 Å². The van der Waals surface area contributed by atoms with Crippen LogP contribution in [0.1, 0.15) is 5.56 Å². The maximum atomic E-state index is 13.5. The molecule has 1 N–H and O–H groups in total. The van der Waals surface area contributed by atoms with Crippen molar-refractivity contribution in [3.8, 4) is 5.75 Å². The van der Waals surface area contributed by atoms with Gasteiger partial charge in [0.15, 0.2) is 16.7 Å². The largest absolute Gasteiger partial charge is 0.573 e. The smallest absolute Gasteiger partial charge is 0.402 e. The highest BCUT2D eigenvalue weighted by atomic mass is 32.2. The third-order valence-corrected chi connectivity index (χ3v) is 3.10. The minimum absolute atomic E-state index is 0.0938. The fourth-order valence-corrected chi connectivity index (χ4v) is 2.04. The summed E-state index contributed by atoms with van der Waals surface area (Å²) < 4.78 is 67.0. The molecule has 0 unspecified atom stereocenters. The SMILES string of the molecule is O=C1CSC(=NN=Cc2c(F)ccc(F)c2OC(F)(F)F)N1. The van der Waals surface area contributed by atoms with Gasteiger partial charge in [0.1, 0.15) is 5.82 Å². The number of alkyl halides is 3. The molecule has 1 heterocycles. The number of carbonyl (C=O) groups is 1. The monoisotopic (exact) mass is 339 g/mol. The zero-order valence-electron chi connectivity index (χ0n) is 10.4. The number of carbonyl (C=O) groups excluding carboxylic acids is 1. The van der Waals surface area contributed by atoms with Gasteiger partial charge in [-0.15, -0.1) is 18.3 Å². The second kappa shape index (κ2) is 6.30. The lowest BCUT2D eigenvalue weighted by Gasteiger charge is -2.12. The van der Waals surface area contributed by atoms with Crippen LogP contribution in [0.4, 0.5) is 22.0 Å². The van der Waals surface area contributed by atoms with E-state index < -0.39 is 29.3 Å². The van der Waals surface area contributed by atoms with Crippen molar-refractivity contribution in [3.05, 3.63) is 29.3 Å². The van der Waals surface area contributed by atoms with Crippen LogP contribution in [0.2, 0.25) is 0 Å². The van der Waals surface area contributed by atoms with Crippen LogP contribution in [0, 0.1) is 11.6 Å². The summed E-state index contributed by atoms with van der Waals surface area (Å²) in [5.74, 6) is -4.13. The van der Waals surface area contributed by atoms with Crippen LogP contribution >= 0.6 is 11.8 Å². The molecule has 0 aliphatic carbocycles. The van der Waals surface area contributed by atoms with Gasteiger partial charge in [-0.05, 0) is 12.1 Å². The molecule has 1 fully saturated rings. The molecule has 1 aromatic carbocycles. The summed E-state index contributed by atoms with van der Waals surface area (Å²) in [6.07, 6.45) is -4.63. The maximum absolute atomic E-state index is 13.5.